The predicted octanol–water partition coefficient (Wildman–Crippen LogP) is 5.43. The molecule has 228 valence electrons. The number of hydrogen-bond acceptors (Lipinski definition) is 8. The Morgan fingerprint density at radius 1 is 1.09 bits per heavy atom. The average Bonchev–Trinajstić information content (AvgIpc) is 3.64. The van der Waals surface area contributed by atoms with Crippen molar-refractivity contribution in [2.75, 3.05) is 20.2 Å². The van der Waals surface area contributed by atoms with Crippen molar-refractivity contribution in [3.8, 4) is 17.1 Å². The first-order chi connectivity index (χ1) is 21.8. The molecule has 0 unspecified atom stereocenters. The molecule has 2 aromatic heterocycles. The fourth-order valence-electron chi connectivity index (χ4n) is 5.83. The van der Waals surface area contributed by atoms with E-state index < -0.39 is 11.0 Å². The van der Waals surface area contributed by atoms with E-state index in [0.717, 1.165) is 10.8 Å². The van der Waals surface area contributed by atoms with Crippen molar-refractivity contribution in [2.45, 2.75) is 26.8 Å². The molecule has 0 fully saturated rings. The summed E-state index contributed by atoms with van der Waals surface area (Å²) in [6.07, 6.45) is 1.60. The van der Waals surface area contributed by atoms with E-state index in [-0.39, 0.29) is 17.2 Å². The maximum atomic E-state index is 14.3. The van der Waals surface area contributed by atoms with Crippen molar-refractivity contribution in [3.05, 3.63) is 125 Å². The number of aromatic nitrogens is 1. The molecule has 0 saturated carbocycles. The van der Waals surface area contributed by atoms with E-state index in [2.05, 4.69) is 0 Å². The van der Waals surface area contributed by atoms with Gasteiger partial charge < -0.3 is 14.1 Å². The second kappa shape index (κ2) is 12.0. The first-order valence-electron chi connectivity index (χ1n) is 14.5. The molecule has 1 aliphatic heterocycles. The molecule has 0 radical (unpaired) electrons. The first kappa shape index (κ1) is 29.8. The van der Waals surface area contributed by atoms with Gasteiger partial charge in [-0.25, -0.2) is 4.99 Å². The molecule has 5 aromatic rings. The third-order valence-corrected chi connectivity index (χ3v) is 8.98. The number of fused-ring (bicyclic) bond motifs is 2. The van der Waals surface area contributed by atoms with E-state index in [4.69, 9.17) is 14.1 Å². The number of methoxy groups -OCH3 is 1. The number of para-hydroxylation sites is 1. The highest BCUT2D eigenvalue weighted by molar-refractivity contribution is 7.07. The van der Waals surface area contributed by atoms with Gasteiger partial charge >= 0.3 is 0 Å². The molecule has 0 N–H and O–H groups in total. The summed E-state index contributed by atoms with van der Waals surface area (Å²) in [5, 5.41) is 13.4. The number of benzene rings is 3. The van der Waals surface area contributed by atoms with Crippen LogP contribution in [0.2, 0.25) is 0 Å². The predicted molar refractivity (Wildman–Crippen MR) is 173 cm³/mol. The van der Waals surface area contributed by atoms with E-state index >= 15 is 0 Å². The highest BCUT2D eigenvalue weighted by atomic mass is 32.1. The van der Waals surface area contributed by atoms with Gasteiger partial charge in [-0.1, -0.05) is 53.8 Å². The van der Waals surface area contributed by atoms with E-state index in [1.165, 1.54) is 17.4 Å². The number of nitro groups is 1. The maximum absolute atomic E-state index is 14.3. The van der Waals surface area contributed by atoms with Crippen LogP contribution in [0.25, 0.3) is 28.2 Å². The smallest absolute Gasteiger partial charge is 0.280 e. The molecule has 3 aromatic carbocycles. The van der Waals surface area contributed by atoms with Crippen LogP contribution < -0.4 is 19.6 Å². The fourth-order valence-corrected chi connectivity index (χ4v) is 6.86. The van der Waals surface area contributed by atoms with Gasteiger partial charge in [0.05, 0.1) is 33.4 Å². The molecule has 0 bridgehead atoms. The van der Waals surface area contributed by atoms with E-state index in [1.807, 2.05) is 50.2 Å². The number of ether oxygens (including phenoxy) is 1. The molecule has 0 saturated heterocycles. The molecular formula is C34H30N4O6S. The summed E-state index contributed by atoms with van der Waals surface area (Å²) in [5.74, 6) is 1.01. The Balaban J connectivity index is 1.58. The lowest BCUT2D eigenvalue weighted by Crippen LogP contribution is -2.43. The van der Waals surface area contributed by atoms with Gasteiger partial charge in [-0.2, -0.15) is 0 Å². The zero-order valence-electron chi connectivity index (χ0n) is 25.1. The van der Waals surface area contributed by atoms with Crippen molar-refractivity contribution in [3.63, 3.8) is 0 Å². The summed E-state index contributed by atoms with van der Waals surface area (Å²) in [7, 11) is 1.57. The van der Waals surface area contributed by atoms with Crippen LogP contribution in [0.3, 0.4) is 0 Å². The molecule has 11 heteroatoms. The average molecular weight is 623 g/mol. The lowest BCUT2D eigenvalue weighted by atomic mass is 9.90. The third kappa shape index (κ3) is 5.14. The summed E-state index contributed by atoms with van der Waals surface area (Å²) in [6, 6.07) is 20.4. The van der Waals surface area contributed by atoms with Gasteiger partial charge in [0.2, 0.25) is 0 Å². The standard InChI is InChI=1S/C34H30N4O6S/c1-5-36(6-2)33(40)29-20(3)35-34-37(31(29)30-23-12-8-7-11-21(23)15-17-27(30)43-4)32(39)28(45-34)19-22-16-18-26(44-22)24-13-9-10-14-25(24)38(41)42/h7-19,31H,5-6H2,1-4H3/b28-19+/t31-/m0/s1. The number of nitro benzene ring substituents is 1. The van der Waals surface area contributed by atoms with Crippen LogP contribution in [0.4, 0.5) is 5.69 Å². The highest BCUT2D eigenvalue weighted by Gasteiger charge is 2.36. The number of thiazole rings is 1. The van der Waals surface area contributed by atoms with E-state index in [0.29, 0.717) is 62.1 Å². The summed E-state index contributed by atoms with van der Waals surface area (Å²) >= 11 is 1.18. The van der Waals surface area contributed by atoms with Gasteiger partial charge in [0.1, 0.15) is 23.3 Å². The Morgan fingerprint density at radius 3 is 2.56 bits per heavy atom. The normalized spacial score (nSPS) is 14.8. The van der Waals surface area contributed by atoms with Gasteiger partial charge in [0.15, 0.2) is 4.80 Å². The minimum atomic E-state index is -0.809. The summed E-state index contributed by atoms with van der Waals surface area (Å²) in [5.41, 5.74) is 1.54. The van der Waals surface area contributed by atoms with Crippen LogP contribution in [0.5, 0.6) is 5.75 Å². The van der Waals surface area contributed by atoms with Crippen LogP contribution in [0, 0.1) is 10.1 Å². The minimum Gasteiger partial charge on any atom is -0.496 e. The largest absolute Gasteiger partial charge is 0.496 e. The number of nitrogens with zero attached hydrogens (tertiary/aromatic N) is 4. The lowest BCUT2D eigenvalue weighted by Gasteiger charge is -2.30. The van der Waals surface area contributed by atoms with Crippen LogP contribution in [0.15, 0.2) is 98.3 Å². The second-order valence-electron chi connectivity index (χ2n) is 10.4. The van der Waals surface area contributed by atoms with Gasteiger partial charge in [0, 0.05) is 30.8 Å². The molecule has 0 spiro atoms. The van der Waals surface area contributed by atoms with Crippen molar-refractivity contribution >= 4 is 39.8 Å². The Labute approximate surface area is 262 Å². The van der Waals surface area contributed by atoms with Gasteiger partial charge in [-0.3, -0.25) is 24.3 Å². The molecule has 1 amide bonds. The van der Waals surface area contributed by atoms with E-state index in [9.17, 15) is 19.7 Å². The maximum Gasteiger partial charge on any atom is 0.280 e. The molecule has 1 atom stereocenters. The number of rotatable bonds is 8. The van der Waals surface area contributed by atoms with Gasteiger partial charge in [0.25, 0.3) is 17.2 Å². The van der Waals surface area contributed by atoms with Crippen molar-refractivity contribution in [1.29, 1.82) is 0 Å². The number of carbonyl (C=O) groups is 1. The number of allylic oxidation sites excluding steroid dienone is 1. The van der Waals surface area contributed by atoms with Gasteiger partial charge in [-0.05, 0) is 55.8 Å². The van der Waals surface area contributed by atoms with Crippen LogP contribution in [-0.4, -0.2) is 40.5 Å². The Hall–Kier alpha value is -5.29. The number of carbonyl (C=O) groups excluding carboxylic acids is 1. The number of amides is 1. The Morgan fingerprint density at radius 2 is 1.82 bits per heavy atom. The molecule has 3 heterocycles. The fraction of sp³-hybridized carbons (Fsp3) is 0.206. The van der Waals surface area contributed by atoms with Crippen molar-refractivity contribution in [2.24, 2.45) is 4.99 Å². The quantitative estimate of drug-likeness (QED) is 0.168. The summed E-state index contributed by atoms with van der Waals surface area (Å²) in [4.78, 5) is 46.4. The zero-order chi connectivity index (χ0) is 31.8. The van der Waals surface area contributed by atoms with Crippen molar-refractivity contribution in [1.82, 2.24) is 9.47 Å². The third-order valence-electron chi connectivity index (χ3n) is 7.99. The van der Waals surface area contributed by atoms with Crippen LogP contribution in [0.1, 0.15) is 38.1 Å². The van der Waals surface area contributed by atoms with Gasteiger partial charge in [-0.15, -0.1) is 0 Å². The first-order valence-corrected chi connectivity index (χ1v) is 15.3. The molecule has 10 nitrogen and oxygen atoms in total. The topological polar surface area (TPSA) is 120 Å². The van der Waals surface area contributed by atoms with Crippen LogP contribution >= 0.6 is 11.3 Å². The van der Waals surface area contributed by atoms with Crippen molar-refractivity contribution < 1.29 is 18.9 Å². The monoisotopic (exact) mass is 622 g/mol. The molecule has 6 rings (SSSR count). The molecule has 45 heavy (non-hydrogen) atoms. The summed E-state index contributed by atoms with van der Waals surface area (Å²) < 4.78 is 13.7. The molecule has 1 aliphatic rings. The number of hydrogen-bond donors (Lipinski definition) is 0. The van der Waals surface area contributed by atoms with Crippen LogP contribution in [-0.2, 0) is 4.79 Å². The molecule has 0 aliphatic carbocycles. The SMILES string of the molecule is CCN(CC)C(=O)C1=C(C)N=c2s/c(=C/c3ccc(-c4ccccc4[N+](=O)[O-])o3)c(=O)n2[C@@H]1c1c(OC)ccc2ccccc12. The lowest BCUT2D eigenvalue weighted by molar-refractivity contribution is -0.384. The van der Waals surface area contributed by atoms with E-state index in [1.54, 1.807) is 59.9 Å². The number of likely N-dealkylation sites (N-methyl/N-ethyl adjacent to an activating group) is 1. The zero-order valence-corrected chi connectivity index (χ0v) is 26.0. The Bertz CT molecular complexity index is 2190. The highest BCUT2D eigenvalue weighted by Crippen LogP contribution is 2.40. The molecular weight excluding hydrogens is 592 g/mol. The minimum absolute atomic E-state index is 0.0808. The number of furan rings is 1. The second-order valence-corrected chi connectivity index (χ2v) is 11.4. The summed E-state index contributed by atoms with van der Waals surface area (Å²) in [6.45, 7) is 6.63. The Kier molecular flexibility index (Phi) is 7.94.